The van der Waals surface area contributed by atoms with Crippen molar-refractivity contribution in [3.63, 3.8) is 0 Å². The van der Waals surface area contributed by atoms with Crippen molar-refractivity contribution in [3.05, 3.63) is 45.3 Å². The van der Waals surface area contributed by atoms with E-state index < -0.39 is 10.0 Å². The first kappa shape index (κ1) is 16.2. The Labute approximate surface area is 131 Å². The Bertz CT molecular complexity index is 756. The highest BCUT2D eigenvalue weighted by Gasteiger charge is 2.20. The van der Waals surface area contributed by atoms with Crippen molar-refractivity contribution in [1.29, 1.82) is 0 Å². The van der Waals surface area contributed by atoms with E-state index in [-0.39, 0.29) is 18.0 Å². The van der Waals surface area contributed by atoms with Gasteiger partial charge in [-0.3, -0.25) is 0 Å². The van der Waals surface area contributed by atoms with Crippen LogP contribution in [0.3, 0.4) is 0 Å². The SMILES string of the molecule is Cc1cc(CNS(=O)(=O)c2cc(CN)cc(C)c2Br)no1. The number of halogens is 1. The molecule has 0 saturated heterocycles. The second-order valence-corrected chi connectivity index (χ2v) is 7.21. The topological polar surface area (TPSA) is 98.2 Å². The number of rotatable bonds is 5. The van der Waals surface area contributed by atoms with Gasteiger partial charge in [-0.1, -0.05) is 11.2 Å². The van der Waals surface area contributed by atoms with Gasteiger partial charge in [-0.25, -0.2) is 13.1 Å². The Morgan fingerprint density at radius 2 is 2.05 bits per heavy atom. The second kappa shape index (κ2) is 6.27. The van der Waals surface area contributed by atoms with Crippen LogP contribution < -0.4 is 10.5 Å². The van der Waals surface area contributed by atoms with E-state index >= 15 is 0 Å². The fourth-order valence-electron chi connectivity index (χ4n) is 1.87. The molecule has 0 spiro atoms. The third-order valence-electron chi connectivity index (χ3n) is 2.93. The summed E-state index contributed by atoms with van der Waals surface area (Å²) < 4.78 is 32.8. The molecule has 1 aromatic carbocycles. The summed E-state index contributed by atoms with van der Waals surface area (Å²) >= 11 is 3.32. The molecule has 0 amide bonds. The monoisotopic (exact) mass is 373 g/mol. The third-order valence-corrected chi connectivity index (χ3v) is 5.67. The van der Waals surface area contributed by atoms with E-state index in [1.54, 1.807) is 19.1 Å². The van der Waals surface area contributed by atoms with Crippen LogP contribution in [-0.4, -0.2) is 13.6 Å². The van der Waals surface area contributed by atoms with Gasteiger partial charge in [0.25, 0.3) is 0 Å². The largest absolute Gasteiger partial charge is 0.361 e. The number of benzene rings is 1. The Morgan fingerprint density at radius 3 is 2.62 bits per heavy atom. The van der Waals surface area contributed by atoms with Crippen LogP contribution >= 0.6 is 15.9 Å². The third kappa shape index (κ3) is 3.70. The van der Waals surface area contributed by atoms with Crippen LogP contribution in [0.1, 0.15) is 22.6 Å². The van der Waals surface area contributed by atoms with E-state index in [9.17, 15) is 8.42 Å². The van der Waals surface area contributed by atoms with Gasteiger partial charge in [-0.2, -0.15) is 0 Å². The van der Waals surface area contributed by atoms with Crippen LogP contribution in [0.5, 0.6) is 0 Å². The number of hydrogen-bond donors (Lipinski definition) is 2. The molecule has 0 fully saturated rings. The van der Waals surface area contributed by atoms with Gasteiger partial charge in [-0.05, 0) is 47.0 Å². The molecule has 0 atom stereocenters. The summed E-state index contributed by atoms with van der Waals surface area (Å²) in [6.07, 6.45) is 0. The van der Waals surface area contributed by atoms with Gasteiger partial charge in [0.2, 0.25) is 10.0 Å². The number of aryl methyl sites for hydroxylation is 2. The van der Waals surface area contributed by atoms with Crippen LogP contribution in [-0.2, 0) is 23.1 Å². The fourth-order valence-corrected chi connectivity index (χ4v) is 3.94. The van der Waals surface area contributed by atoms with Crippen LogP contribution in [0.15, 0.2) is 32.1 Å². The van der Waals surface area contributed by atoms with Crippen molar-refractivity contribution in [2.75, 3.05) is 0 Å². The van der Waals surface area contributed by atoms with Crippen molar-refractivity contribution >= 4 is 26.0 Å². The van der Waals surface area contributed by atoms with Gasteiger partial charge in [0.1, 0.15) is 5.76 Å². The molecule has 0 saturated carbocycles. The van der Waals surface area contributed by atoms with Gasteiger partial charge in [-0.15, -0.1) is 0 Å². The molecule has 3 N–H and O–H groups in total. The lowest BCUT2D eigenvalue weighted by Gasteiger charge is -2.11. The molecular weight excluding hydrogens is 358 g/mol. The standard InChI is InChI=1S/C13H16BrN3O3S/c1-8-3-10(6-15)5-12(13(8)14)21(18,19)16-7-11-4-9(2)20-17-11/h3-5,16H,6-7,15H2,1-2H3. The van der Waals surface area contributed by atoms with Crippen LogP contribution in [0.25, 0.3) is 0 Å². The first-order valence-corrected chi connectivity index (χ1v) is 8.52. The molecule has 0 aliphatic carbocycles. The van der Waals surface area contributed by atoms with Crippen LogP contribution in [0.4, 0.5) is 0 Å². The minimum absolute atomic E-state index is 0.0675. The molecule has 114 valence electrons. The molecule has 1 aromatic heterocycles. The summed E-state index contributed by atoms with van der Waals surface area (Å²) in [5, 5.41) is 3.75. The average Bonchev–Trinajstić information content (AvgIpc) is 2.85. The number of nitrogens with zero attached hydrogens (tertiary/aromatic N) is 1. The Kier molecular flexibility index (Phi) is 4.82. The number of nitrogens with two attached hydrogens (primary N) is 1. The molecule has 1 heterocycles. The Hall–Kier alpha value is -1.22. The zero-order valence-corrected chi connectivity index (χ0v) is 14.1. The molecular formula is C13H16BrN3O3S. The van der Waals surface area contributed by atoms with E-state index in [1.807, 2.05) is 13.0 Å². The van der Waals surface area contributed by atoms with Gasteiger partial charge in [0.15, 0.2) is 0 Å². The molecule has 8 heteroatoms. The molecule has 2 aromatic rings. The van der Waals surface area contributed by atoms with Gasteiger partial charge < -0.3 is 10.3 Å². The highest BCUT2D eigenvalue weighted by Crippen LogP contribution is 2.27. The summed E-state index contributed by atoms with van der Waals surface area (Å²) in [5.41, 5.74) is 7.70. The quantitative estimate of drug-likeness (QED) is 0.834. The van der Waals surface area contributed by atoms with Crippen molar-refractivity contribution in [3.8, 4) is 0 Å². The lowest BCUT2D eigenvalue weighted by atomic mass is 10.1. The molecule has 0 bridgehead atoms. The first-order chi connectivity index (χ1) is 9.83. The summed E-state index contributed by atoms with van der Waals surface area (Å²) in [4.78, 5) is 0.170. The van der Waals surface area contributed by atoms with E-state index in [4.69, 9.17) is 10.3 Å². The second-order valence-electron chi connectivity index (χ2n) is 4.68. The predicted octanol–water partition coefficient (Wildman–Crippen LogP) is 1.99. The Morgan fingerprint density at radius 1 is 1.33 bits per heavy atom. The van der Waals surface area contributed by atoms with Gasteiger partial charge in [0.05, 0.1) is 17.1 Å². The minimum atomic E-state index is -3.67. The number of nitrogens with one attached hydrogen (secondary N) is 1. The summed E-state index contributed by atoms with van der Waals surface area (Å²) in [6.45, 7) is 3.91. The van der Waals surface area contributed by atoms with Crippen LogP contribution in [0.2, 0.25) is 0 Å². The van der Waals surface area contributed by atoms with E-state index in [1.165, 1.54) is 0 Å². The molecule has 0 aliphatic heterocycles. The average molecular weight is 374 g/mol. The zero-order valence-electron chi connectivity index (χ0n) is 11.7. The lowest BCUT2D eigenvalue weighted by molar-refractivity contribution is 0.390. The van der Waals surface area contributed by atoms with Crippen molar-refractivity contribution in [1.82, 2.24) is 9.88 Å². The number of aromatic nitrogens is 1. The molecule has 0 aliphatic rings. The lowest BCUT2D eigenvalue weighted by Crippen LogP contribution is -2.24. The smallest absolute Gasteiger partial charge is 0.242 e. The van der Waals surface area contributed by atoms with E-state index in [0.717, 1.165) is 11.1 Å². The predicted molar refractivity (Wildman–Crippen MR) is 82.0 cm³/mol. The summed E-state index contributed by atoms with van der Waals surface area (Å²) in [6, 6.07) is 5.09. The normalized spacial score (nSPS) is 11.8. The molecule has 0 radical (unpaired) electrons. The maximum atomic E-state index is 12.4. The Balaban J connectivity index is 2.29. The fraction of sp³-hybridized carbons (Fsp3) is 0.308. The maximum Gasteiger partial charge on any atom is 0.242 e. The summed E-state index contributed by atoms with van der Waals surface area (Å²) in [7, 11) is -3.67. The maximum absolute atomic E-state index is 12.4. The van der Waals surface area contributed by atoms with E-state index in [0.29, 0.717) is 15.9 Å². The molecule has 6 nitrogen and oxygen atoms in total. The molecule has 21 heavy (non-hydrogen) atoms. The minimum Gasteiger partial charge on any atom is -0.361 e. The zero-order chi connectivity index (χ0) is 15.6. The van der Waals surface area contributed by atoms with Crippen molar-refractivity contribution in [2.45, 2.75) is 31.8 Å². The highest BCUT2D eigenvalue weighted by molar-refractivity contribution is 9.10. The summed E-state index contributed by atoms with van der Waals surface area (Å²) in [5.74, 6) is 0.631. The number of hydrogen-bond acceptors (Lipinski definition) is 5. The van der Waals surface area contributed by atoms with E-state index in [2.05, 4.69) is 25.8 Å². The van der Waals surface area contributed by atoms with Crippen molar-refractivity contribution in [2.24, 2.45) is 5.73 Å². The van der Waals surface area contributed by atoms with Crippen molar-refractivity contribution < 1.29 is 12.9 Å². The number of sulfonamides is 1. The first-order valence-electron chi connectivity index (χ1n) is 6.24. The molecule has 2 rings (SSSR count). The van der Waals surface area contributed by atoms with Gasteiger partial charge in [0, 0.05) is 17.1 Å². The van der Waals surface area contributed by atoms with Crippen LogP contribution in [0, 0.1) is 13.8 Å². The highest BCUT2D eigenvalue weighted by atomic mass is 79.9. The molecule has 0 unspecified atom stereocenters. The van der Waals surface area contributed by atoms with Gasteiger partial charge >= 0.3 is 0 Å².